The highest BCUT2D eigenvalue weighted by molar-refractivity contribution is 5.86. The number of aromatic hydroxyl groups is 1. The first-order valence-electron chi connectivity index (χ1n) is 10.8. The monoisotopic (exact) mass is 433 g/mol. The molecule has 1 aromatic carbocycles. The van der Waals surface area contributed by atoms with Crippen molar-refractivity contribution in [2.24, 2.45) is 7.05 Å². The summed E-state index contributed by atoms with van der Waals surface area (Å²) in [6.07, 6.45) is 6.80. The average Bonchev–Trinajstić information content (AvgIpc) is 3.12. The number of phenols is 1. The van der Waals surface area contributed by atoms with E-state index in [1.165, 1.54) is 6.21 Å². The van der Waals surface area contributed by atoms with Crippen LogP contribution >= 0.6 is 0 Å². The van der Waals surface area contributed by atoms with Crippen LogP contribution in [0, 0.1) is 5.41 Å². The number of benzene rings is 1. The van der Waals surface area contributed by atoms with E-state index in [4.69, 9.17) is 5.41 Å². The van der Waals surface area contributed by atoms with Gasteiger partial charge in [-0.25, -0.2) is 0 Å². The lowest BCUT2D eigenvalue weighted by molar-refractivity contribution is 0.170. The molecule has 1 fully saturated rings. The smallest absolute Gasteiger partial charge is 0.157 e. The molecule has 0 spiro atoms. The maximum Gasteiger partial charge on any atom is 0.157 e. The lowest BCUT2D eigenvalue weighted by atomic mass is 9.79. The highest BCUT2D eigenvalue weighted by Crippen LogP contribution is 2.34. The maximum atomic E-state index is 10.6. The molecule has 0 radical (unpaired) electrons. The summed E-state index contributed by atoms with van der Waals surface area (Å²) in [6.45, 7) is 8.80. The van der Waals surface area contributed by atoms with Gasteiger partial charge in [0.15, 0.2) is 5.82 Å². The zero-order chi connectivity index (χ0) is 23.1. The van der Waals surface area contributed by atoms with Crippen LogP contribution in [0.1, 0.15) is 46.1 Å². The standard InChI is InChI=1S/C24H31N7O/c1-23(2)10-18(11-24(3,4)30-23)27-22-16(12-25)8-20(28-29-22)19-7-6-15(9-21(19)32)17-13-26-31(5)14-17/h6-9,12-14,18,25,30,32H,10-11H2,1-5H3,(H,27,29). The van der Waals surface area contributed by atoms with Crippen LogP contribution in [0.25, 0.3) is 22.4 Å². The van der Waals surface area contributed by atoms with E-state index in [1.54, 1.807) is 23.0 Å². The number of piperidine rings is 1. The second-order valence-electron chi connectivity index (χ2n) is 9.95. The molecule has 1 saturated heterocycles. The van der Waals surface area contributed by atoms with Crippen LogP contribution in [0.3, 0.4) is 0 Å². The van der Waals surface area contributed by atoms with E-state index in [1.807, 2.05) is 25.4 Å². The summed E-state index contributed by atoms with van der Waals surface area (Å²) in [4.78, 5) is 0. The predicted molar refractivity (Wildman–Crippen MR) is 127 cm³/mol. The Bertz CT molecular complexity index is 1130. The van der Waals surface area contributed by atoms with Gasteiger partial charge >= 0.3 is 0 Å². The summed E-state index contributed by atoms with van der Waals surface area (Å²) in [5.74, 6) is 0.702. The summed E-state index contributed by atoms with van der Waals surface area (Å²) in [5.41, 5.74) is 3.53. The summed E-state index contributed by atoms with van der Waals surface area (Å²) >= 11 is 0. The molecule has 32 heavy (non-hydrogen) atoms. The second kappa shape index (κ2) is 8.02. The molecule has 3 aromatic rings. The SMILES string of the molecule is Cn1cc(-c2ccc(-c3cc(C=N)c(NC4CC(C)(C)NC(C)(C)C4)nn3)c(O)c2)cn1. The Hall–Kier alpha value is -3.26. The lowest BCUT2D eigenvalue weighted by Crippen LogP contribution is -2.60. The van der Waals surface area contributed by atoms with E-state index < -0.39 is 0 Å². The van der Waals surface area contributed by atoms with Crippen molar-refractivity contribution in [3.05, 3.63) is 42.2 Å². The van der Waals surface area contributed by atoms with Gasteiger partial charge in [-0.2, -0.15) is 5.10 Å². The summed E-state index contributed by atoms with van der Waals surface area (Å²) in [7, 11) is 1.85. The van der Waals surface area contributed by atoms with Crippen molar-refractivity contribution in [1.82, 2.24) is 25.3 Å². The van der Waals surface area contributed by atoms with E-state index in [0.717, 1.165) is 24.0 Å². The molecule has 0 amide bonds. The number of nitrogens with zero attached hydrogens (tertiary/aromatic N) is 4. The molecular formula is C24H31N7O. The maximum absolute atomic E-state index is 10.6. The van der Waals surface area contributed by atoms with Gasteiger partial charge in [-0.1, -0.05) is 6.07 Å². The van der Waals surface area contributed by atoms with Gasteiger partial charge in [0, 0.05) is 53.3 Å². The largest absolute Gasteiger partial charge is 0.507 e. The van der Waals surface area contributed by atoms with Crippen molar-refractivity contribution >= 4 is 12.0 Å². The molecular weight excluding hydrogens is 402 g/mol. The number of phenolic OH excluding ortho intramolecular Hbond substituents is 1. The predicted octanol–water partition coefficient (Wildman–Crippen LogP) is 3.97. The summed E-state index contributed by atoms with van der Waals surface area (Å²) < 4.78 is 1.72. The van der Waals surface area contributed by atoms with Gasteiger partial charge in [-0.3, -0.25) is 4.68 Å². The number of aryl methyl sites for hydroxylation is 1. The molecule has 0 bridgehead atoms. The Morgan fingerprint density at radius 1 is 1.12 bits per heavy atom. The molecule has 2 aromatic heterocycles. The van der Waals surface area contributed by atoms with Crippen LogP contribution in [-0.2, 0) is 7.05 Å². The first-order valence-corrected chi connectivity index (χ1v) is 10.8. The fourth-order valence-corrected chi connectivity index (χ4v) is 4.88. The Labute approximate surface area is 188 Å². The number of hydrogen-bond donors (Lipinski definition) is 4. The molecule has 0 aliphatic carbocycles. The molecule has 1 aliphatic rings. The Morgan fingerprint density at radius 3 is 2.44 bits per heavy atom. The third-order valence-corrected chi connectivity index (χ3v) is 5.82. The van der Waals surface area contributed by atoms with E-state index in [2.05, 4.69) is 53.6 Å². The van der Waals surface area contributed by atoms with Gasteiger partial charge in [0.2, 0.25) is 0 Å². The summed E-state index contributed by atoms with van der Waals surface area (Å²) in [5, 5.41) is 38.6. The van der Waals surface area contributed by atoms with Crippen LogP contribution in [0.4, 0.5) is 5.82 Å². The molecule has 8 heteroatoms. The van der Waals surface area contributed by atoms with Crippen LogP contribution in [0.15, 0.2) is 36.7 Å². The zero-order valence-electron chi connectivity index (χ0n) is 19.3. The molecule has 8 nitrogen and oxygen atoms in total. The van der Waals surface area contributed by atoms with Crippen LogP contribution in [0.5, 0.6) is 5.75 Å². The van der Waals surface area contributed by atoms with E-state index in [9.17, 15) is 5.11 Å². The first-order chi connectivity index (χ1) is 15.0. The average molecular weight is 434 g/mol. The normalized spacial score (nSPS) is 17.8. The van der Waals surface area contributed by atoms with Crippen LogP contribution in [0.2, 0.25) is 0 Å². The molecule has 0 unspecified atom stereocenters. The van der Waals surface area contributed by atoms with Crippen molar-refractivity contribution in [3.63, 3.8) is 0 Å². The van der Waals surface area contributed by atoms with Crippen molar-refractivity contribution in [2.75, 3.05) is 5.32 Å². The van der Waals surface area contributed by atoms with E-state index >= 15 is 0 Å². The minimum Gasteiger partial charge on any atom is -0.507 e. The van der Waals surface area contributed by atoms with Gasteiger partial charge in [-0.05, 0) is 64.3 Å². The van der Waals surface area contributed by atoms with Crippen molar-refractivity contribution in [2.45, 2.75) is 57.7 Å². The Kier molecular flexibility index (Phi) is 5.50. The molecule has 168 valence electrons. The summed E-state index contributed by atoms with van der Waals surface area (Å²) in [6, 6.07) is 7.44. The highest BCUT2D eigenvalue weighted by Gasteiger charge is 2.37. The molecule has 4 N–H and O–H groups in total. The van der Waals surface area contributed by atoms with E-state index in [-0.39, 0.29) is 22.9 Å². The van der Waals surface area contributed by atoms with Crippen molar-refractivity contribution in [1.29, 1.82) is 5.41 Å². The quantitative estimate of drug-likeness (QED) is 0.453. The van der Waals surface area contributed by atoms with Crippen LogP contribution in [-0.4, -0.2) is 48.4 Å². The first kappa shape index (κ1) is 22.0. The third-order valence-electron chi connectivity index (χ3n) is 5.82. The van der Waals surface area contributed by atoms with Crippen molar-refractivity contribution in [3.8, 4) is 28.1 Å². The molecule has 0 saturated carbocycles. The number of rotatable bonds is 5. The van der Waals surface area contributed by atoms with Gasteiger partial charge < -0.3 is 21.1 Å². The molecule has 0 atom stereocenters. The Balaban J connectivity index is 1.59. The minimum absolute atomic E-state index is 0.000558. The van der Waals surface area contributed by atoms with Crippen molar-refractivity contribution < 1.29 is 5.11 Å². The zero-order valence-corrected chi connectivity index (χ0v) is 19.3. The third kappa shape index (κ3) is 4.65. The fraction of sp³-hybridized carbons (Fsp3) is 0.417. The molecule has 4 rings (SSSR count). The topological polar surface area (TPSA) is 112 Å². The van der Waals surface area contributed by atoms with Crippen LogP contribution < -0.4 is 10.6 Å². The Morgan fingerprint density at radius 2 is 1.84 bits per heavy atom. The van der Waals surface area contributed by atoms with E-state index in [0.29, 0.717) is 22.6 Å². The number of aromatic nitrogens is 4. The second-order valence-corrected chi connectivity index (χ2v) is 9.95. The number of nitrogens with one attached hydrogen (secondary N) is 3. The lowest BCUT2D eigenvalue weighted by Gasteiger charge is -2.46. The minimum atomic E-state index is -0.000558. The van der Waals surface area contributed by atoms with Gasteiger partial charge in [0.1, 0.15) is 5.75 Å². The molecule has 3 heterocycles. The van der Waals surface area contributed by atoms with Gasteiger partial charge in [0.25, 0.3) is 0 Å². The van der Waals surface area contributed by atoms with Gasteiger partial charge in [-0.15, -0.1) is 10.2 Å². The number of anilines is 1. The fourth-order valence-electron chi connectivity index (χ4n) is 4.88. The highest BCUT2D eigenvalue weighted by atomic mass is 16.3. The van der Waals surface area contributed by atoms with Gasteiger partial charge in [0.05, 0.1) is 11.9 Å². The number of hydrogen-bond acceptors (Lipinski definition) is 7. The molecule has 1 aliphatic heterocycles.